The van der Waals surface area contributed by atoms with Crippen LogP contribution in [0.5, 0.6) is 0 Å². The lowest BCUT2D eigenvalue weighted by Crippen LogP contribution is -1.98. The van der Waals surface area contributed by atoms with Crippen molar-refractivity contribution in [1.82, 2.24) is 10.2 Å². The Kier molecular flexibility index (Phi) is 4.70. The topological polar surface area (TPSA) is 51.8 Å². The van der Waals surface area contributed by atoms with Crippen molar-refractivity contribution < 1.29 is 0 Å². The fraction of sp³-hybridized carbons (Fsp3) is 0.385. The molecular formula is C13H19N3. The van der Waals surface area contributed by atoms with Crippen LogP contribution in [0.1, 0.15) is 39.3 Å². The third-order valence-electron chi connectivity index (χ3n) is 2.37. The molecule has 2 rings (SSSR count). The third-order valence-corrected chi connectivity index (χ3v) is 2.37. The molecule has 3 nitrogen and oxygen atoms in total. The van der Waals surface area contributed by atoms with Gasteiger partial charge in [0.1, 0.15) is 5.82 Å². The van der Waals surface area contributed by atoms with Gasteiger partial charge in [-0.3, -0.25) is 0 Å². The van der Waals surface area contributed by atoms with Gasteiger partial charge >= 0.3 is 0 Å². The zero-order chi connectivity index (χ0) is 12.0. The Balaban J connectivity index is 0.000000606. The highest BCUT2D eigenvalue weighted by Gasteiger charge is 2.07. The van der Waals surface area contributed by atoms with Crippen molar-refractivity contribution in [3.8, 4) is 0 Å². The summed E-state index contributed by atoms with van der Waals surface area (Å²) in [7, 11) is 0. The molecule has 0 bridgehead atoms. The van der Waals surface area contributed by atoms with Crippen LogP contribution in [0, 0.1) is 0 Å². The predicted octanol–water partition coefficient (Wildman–Crippen LogP) is 3.21. The van der Waals surface area contributed by atoms with Gasteiger partial charge in [-0.25, -0.2) is 0 Å². The van der Waals surface area contributed by atoms with E-state index in [1.807, 2.05) is 19.9 Å². The number of nitrogens with two attached hydrogens (primary N) is 1. The van der Waals surface area contributed by atoms with Crippen molar-refractivity contribution in [3.63, 3.8) is 0 Å². The molecule has 0 aromatic carbocycles. The van der Waals surface area contributed by atoms with E-state index in [-0.39, 0.29) is 0 Å². The van der Waals surface area contributed by atoms with Crippen molar-refractivity contribution in [2.75, 3.05) is 5.73 Å². The smallest absolute Gasteiger partial charge is 0.146 e. The van der Waals surface area contributed by atoms with Crippen LogP contribution in [0.4, 0.5) is 5.82 Å². The van der Waals surface area contributed by atoms with Gasteiger partial charge in [0.15, 0.2) is 0 Å². The first-order valence-corrected chi connectivity index (χ1v) is 5.71. The van der Waals surface area contributed by atoms with Crippen molar-refractivity contribution in [2.24, 2.45) is 0 Å². The molecule has 0 fully saturated rings. The molecule has 0 aliphatic heterocycles. The SMILES string of the molecule is CC.CC1=CC=C(c2ccc(N)nn2)CC1. The van der Waals surface area contributed by atoms with Crippen LogP contribution in [-0.2, 0) is 0 Å². The van der Waals surface area contributed by atoms with Crippen molar-refractivity contribution in [3.05, 3.63) is 35.6 Å². The van der Waals surface area contributed by atoms with Gasteiger partial charge in [-0.15, -0.1) is 10.2 Å². The molecule has 1 aromatic rings. The zero-order valence-electron chi connectivity index (χ0n) is 10.2. The molecule has 2 N–H and O–H groups in total. The fourth-order valence-corrected chi connectivity index (χ4v) is 1.47. The Morgan fingerprint density at radius 1 is 1.06 bits per heavy atom. The minimum Gasteiger partial charge on any atom is -0.382 e. The van der Waals surface area contributed by atoms with Crippen molar-refractivity contribution >= 4 is 11.4 Å². The Bertz CT molecular complexity index is 388. The molecule has 86 valence electrons. The van der Waals surface area contributed by atoms with Gasteiger partial charge in [-0.2, -0.15) is 0 Å². The van der Waals surface area contributed by atoms with Gasteiger partial charge in [0.2, 0.25) is 0 Å². The standard InChI is InChI=1S/C11H13N3.C2H6/c1-8-2-4-9(5-3-8)10-6-7-11(12)14-13-10;1-2/h2,4,6-7H,3,5H2,1H3,(H2,12,14);1-2H3. The van der Waals surface area contributed by atoms with Gasteiger partial charge in [-0.05, 0) is 37.5 Å². The van der Waals surface area contributed by atoms with Crippen LogP contribution in [0.25, 0.3) is 5.57 Å². The number of anilines is 1. The summed E-state index contributed by atoms with van der Waals surface area (Å²) >= 11 is 0. The average Bonchev–Trinajstić information content (AvgIpc) is 2.34. The second-order valence-electron chi connectivity index (χ2n) is 3.55. The summed E-state index contributed by atoms with van der Waals surface area (Å²) in [6.07, 6.45) is 6.40. The first-order chi connectivity index (χ1) is 7.75. The molecule has 0 atom stereocenters. The van der Waals surface area contributed by atoms with E-state index in [0.29, 0.717) is 5.82 Å². The number of nitrogen functional groups attached to an aromatic ring is 1. The lowest BCUT2D eigenvalue weighted by molar-refractivity contribution is 0.945. The minimum atomic E-state index is 0.469. The van der Waals surface area contributed by atoms with Gasteiger partial charge < -0.3 is 5.73 Å². The van der Waals surface area contributed by atoms with Crippen LogP contribution in [0.3, 0.4) is 0 Å². The van der Waals surface area contributed by atoms with Crippen LogP contribution in [0.15, 0.2) is 29.9 Å². The minimum absolute atomic E-state index is 0.469. The van der Waals surface area contributed by atoms with Crippen LogP contribution < -0.4 is 5.73 Å². The average molecular weight is 217 g/mol. The summed E-state index contributed by atoms with van der Waals surface area (Å²) in [5.41, 5.74) is 9.06. The maximum absolute atomic E-state index is 5.47. The maximum Gasteiger partial charge on any atom is 0.146 e. The number of allylic oxidation sites excluding steroid dienone is 4. The molecule has 1 aromatic heterocycles. The summed E-state index contributed by atoms with van der Waals surface area (Å²) in [6.45, 7) is 6.14. The van der Waals surface area contributed by atoms with E-state index >= 15 is 0 Å². The Labute approximate surface area is 97.1 Å². The van der Waals surface area contributed by atoms with Crippen LogP contribution >= 0.6 is 0 Å². The second kappa shape index (κ2) is 6.05. The quantitative estimate of drug-likeness (QED) is 0.785. The van der Waals surface area contributed by atoms with E-state index in [1.54, 1.807) is 6.07 Å². The summed E-state index contributed by atoms with van der Waals surface area (Å²) in [5, 5.41) is 7.89. The maximum atomic E-state index is 5.47. The van der Waals surface area contributed by atoms with E-state index in [4.69, 9.17) is 5.73 Å². The molecule has 0 spiro atoms. The van der Waals surface area contributed by atoms with Crippen LogP contribution in [0.2, 0.25) is 0 Å². The summed E-state index contributed by atoms with van der Waals surface area (Å²) in [6, 6.07) is 3.71. The summed E-state index contributed by atoms with van der Waals surface area (Å²) < 4.78 is 0. The van der Waals surface area contributed by atoms with E-state index in [9.17, 15) is 0 Å². The lowest BCUT2D eigenvalue weighted by Gasteiger charge is -2.10. The zero-order valence-corrected chi connectivity index (χ0v) is 10.2. The Morgan fingerprint density at radius 3 is 2.31 bits per heavy atom. The normalized spacial score (nSPS) is 14.4. The van der Waals surface area contributed by atoms with E-state index in [0.717, 1.165) is 18.5 Å². The number of hydrogen-bond acceptors (Lipinski definition) is 3. The molecule has 16 heavy (non-hydrogen) atoms. The largest absolute Gasteiger partial charge is 0.382 e. The summed E-state index contributed by atoms with van der Waals surface area (Å²) in [5.74, 6) is 0.469. The third kappa shape index (κ3) is 3.19. The summed E-state index contributed by atoms with van der Waals surface area (Å²) in [4.78, 5) is 0. The van der Waals surface area contributed by atoms with Crippen molar-refractivity contribution in [2.45, 2.75) is 33.6 Å². The van der Waals surface area contributed by atoms with Gasteiger partial charge in [0, 0.05) is 0 Å². The Hall–Kier alpha value is -1.64. The number of aromatic nitrogens is 2. The Morgan fingerprint density at radius 2 is 1.81 bits per heavy atom. The number of hydrogen-bond donors (Lipinski definition) is 1. The van der Waals surface area contributed by atoms with Gasteiger partial charge in [-0.1, -0.05) is 31.6 Å². The number of rotatable bonds is 1. The highest BCUT2D eigenvalue weighted by molar-refractivity contribution is 5.66. The second-order valence-corrected chi connectivity index (χ2v) is 3.55. The predicted molar refractivity (Wildman–Crippen MR) is 68.8 cm³/mol. The van der Waals surface area contributed by atoms with E-state index < -0.39 is 0 Å². The van der Waals surface area contributed by atoms with Gasteiger partial charge in [0.05, 0.1) is 5.69 Å². The van der Waals surface area contributed by atoms with Crippen LogP contribution in [-0.4, -0.2) is 10.2 Å². The molecule has 1 aliphatic rings. The van der Waals surface area contributed by atoms with Crippen molar-refractivity contribution in [1.29, 1.82) is 0 Å². The molecular weight excluding hydrogens is 198 g/mol. The van der Waals surface area contributed by atoms with E-state index in [1.165, 1.54) is 11.1 Å². The first kappa shape index (κ1) is 12.4. The number of nitrogens with zero attached hydrogens (tertiary/aromatic N) is 2. The molecule has 0 amide bonds. The fourth-order valence-electron chi connectivity index (χ4n) is 1.47. The molecule has 3 heteroatoms. The highest BCUT2D eigenvalue weighted by Crippen LogP contribution is 2.24. The molecule has 1 aliphatic carbocycles. The molecule has 0 saturated heterocycles. The molecule has 0 radical (unpaired) electrons. The monoisotopic (exact) mass is 217 g/mol. The first-order valence-electron chi connectivity index (χ1n) is 5.71. The lowest BCUT2D eigenvalue weighted by atomic mass is 9.97. The molecule has 0 unspecified atom stereocenters. The van der Waals surface area contributed by atoms with Gasteiger partial charge in [0.25, 0.3) is 0 Å². The highest BCUT2D eigenvalue weighted by atomic mass is 15.1. The molecule has 0 saturated carbocycles. The van der Waals surface area contributed by atoms with E-state index in [2.05, 4.69) is 29.3 Å². The molecule has 1 heterocycles.